The summed E-state index contributed by atoms with van der Waals surface area (Å²) < 4.78 is 11.0. The van der Waals surface area contributed by atoms with Crippen LogP contribution in [0.4, 0.5) is 0 Å². The number of halogens is 1. The average Bonchev–Trinajstić information content (AvgIpc) is 3.29. The van der Waals surface area contributed by atoms with Crippen LogP contribution in [0.2, 0.25) is 5.02 Å². The highest BCUT2D eigenvalue weighted by Crippen LogP contribution is 2.38. The standard InChI is InChI=1S/C24H16ClN3O3S/c1-30-17-10-7-15(8-11-17)23-27-28-24(31-23)32-21-20(14-5-3-2-4-6-14)18-13-16(25)9-12-19(18)26-22(21)29/h2-13H,1H3,(H,26,29). The normalized spacial score (nSPS) is 11.1. The Labute approximate surface area is 192 Å². The van der Waals surface area contributed by atoms with Crippen molar-refractivity contribution >= 4 is 34.3 Å². The number of pyridine rings is 1. The maximum absolute atomic E-state index is 13.1. The molecule has 3 aromatic carbocycles. The van der Waals surface area contributed by atoms with Crippen molar-refractivity contribution in [2.45, 2.75) is 10.1 Å². The van der Waals surface area contributed by atoms with Gasteiger partial charge in [0.1, 0.15) is 5.75 Å². The van der Waals surface area contributed by atoms with Crippen molar-refractivity contribution < 1.29 is 9.15 Å². The fraction of sp³-hybridized carbons (Fsp3) is 0.0417. The van der Waals surface area contributed by atoms with Gasteiger partial charge in [0.2, 0.25) is 5.89 Å². The van der Waals surface area contributed by atoms with E-state index in [-0.39, 0.29) is 10.8 Å². The predicted molar refractivity (Wildman–Crippen MR) is 125 cm³/mol. The third-order valence-electron chi connectivity index (χ3n) is 4.93. The molecule has 2 aromatic heterocycles. The zero-order valence-electron chi connectivity index (χ0n) is 16.8. The number of nitrogens with one attached hydrogen (secondary N) is 1. The van der Waals surface area contributed by atoms with E-state index in [1.807, 2.05) is 60.7 Å². The number of methoxy groups -OCH3 is 1. The maximum atomic E-state index is 13.1. The minimum absolute atomic E-state index is 0.243. The fourth-order valence-electron chi connectivity index (χ4n) is 3.42. The van der Waals surface area contributed by atoms with Crippen LogP contribution < -0.4 is 10.3 Å². The van der Waals surface area contributed by atoms with Crippen molar-refractivity contribution in [3.63, 3.8) is 0 Å². The monoisotopic (exact) mass is 461 g/mol. The van der Waals surface area contributed by atoms with Crippen LogP contribution in [0.15, 0.2) is 92.1 Å². The van der Waals surface area contributed by atoms with Crippen molar-refractivity contribution in [2.24, 2.45) is 0 Å². The first kappa shape index (κ1) is 20.4. The van der Waals surface area contributed by atoms with Crippen LogP contribution >= 0.6 is 23.4 Å². The molecule has 0 saturated heterocycles. The maximum Gasteiger partial charge on any atom is 0.281 e. The summed E-state index contributed by atoms with van der Waals surface area (Å²) in [5.41, 5.74) is 2.87. The molecule has 0 atom stereocenters. The van der Waals surface area contributed by atoms with Gasteiger partial charge < -0.3 is 14.1 Å². The molecule has 0 spiro atoms. The predicted octanol–water partition coefficient (Wildman–Crippen LogP) is 6.06. The molecule has 0 aliphatic carbocycles. The molecule has 0 aliphatic heterocycles. The lowest BCUT2D eigenvalue weighted by Gasteiger charge is -2.11. The number of nitrogens with zero attached hydrogens (tertiary/aromatic N) is 2. The molecule has 1 N–H and O–H groups in total. The van der Waals surface area contributed by atoms with Gasteiger partial charge in [0.15, 0.2) is 0 Å². The Bertz CT molecular complexity index is 1460. The van der Waals surface area contributed by atoms with Crippen LogP contribution in [0.3, 0.4) is 0 Å². The Kier molecular flexibility index (Phi) is 5.43. The molecule has 0 fully saturated rings. The third kappa shape index (κ3) is 3.88. The Morgan fingerprint density at radius 3 is 2.50 bits per heavy atom. The molecule has 5 aromatic rings. The van der Waals surface area contributed by atoms with E-state index >= 15 is 0 Å². The second-order valence-electron chi connectivity index (χ2n) is 6.92. The molecule has 2 heterocycles. The van der Waals surface area contributed by atoms with E-state index in [1.165, 1.54) is 0 Å². The molecule has 0 aliphatic rings. The van der Waals surface area contributed by atoms with Crippen molar-refractivity contribution in [1.82, 2.24) is 15.2 Å². The number of H-pyrrole nitrogens is 1. The lowest BCUT2D eigenvalue weighted by atomic mass is 10.0. The molecule has 0 amide bonds. The lowest BCUT2D eigenvalue weighted by molar-refractivity contribution is 0.414. The largest absolute Gasteiger partial charge is 0.497 e. The summed E-state index contributed by atoms with van der Waals surface area (Å²) >= 11 is 7.40. The number of aromatic nitrogens is 3. The van der Waals surface area contributed by atoms with Crippen LogP contribution in [0, 0.1) is 0 Å². The van der Waals surface area contributed by atoms with Gasteiger partial charge >= 0.3 is 0 Å². The van der Waals surface area contributed by atoms with Crippen LogP contribution in [0.5, 0.6) is 5.75 Å². The number of aromatic amines is 1. The summed E-state index contributed by atoms with van der Waals surface area (Å²) in [7, 11) is 1.61. The van der Waals surface area contributed by atoms with Gasteiger partial charge in [-0.3, -0.25) is 4.79 Å². The van der Waals surface area contributed by atoms with Gasteiger partial charge in [-0.1, -0.05) is 41.9 Å². The highest BCUT2D eigenvalue weighted by atomic mass is 35.5. The van der Waals surface area contributed by atoms with Crippen molar-refractivity contribution in [1.29, 1.82) is 0 Å². The number of benzene rings is 3. The molecule has 32 heavy (non-hydrogen) atoms. The van der Waals surface area contributed by atoms with Crippen molar-refractivity contribution in [3.8, 4) is 28.3 Å². The van der Waals surface area contributed by atoms with Gasteiger partial charge in [-0.2, -0.15) is 0 Å². The smallest absolute Gasteiger partial charge is 0.281 e. The quantitative estimate of drug-likeness (QED) is 0.342. The molecule has 0 saturated carbocycles. The number of fused-ring (bicyclic) bond motifs is 1. The molecule has 8 heteroatoms. The van der Waals surface area contributed by atoms with E-state index in [4.69, 9.17) is 20.8 Å². The first-order valence-corrected chi connectivity index (χ1v) is 10.9. The Morgan fingerprint density at radius 2 is 1.75 bits per heavy atom. The molecule has 158 valence electrons. The first-order chi connectivity index (χ1) is 15.6. The Hall–Kier alpha value is -3.55. The van der Waals surface area contributed by atoms with E-state index in [0.29, 0.717) is 21.3 Å². The van der Waals surface area contributed by atoms with Crippen molar-refractivity contribution in [3.05, 3.63) is 88.2 Å². The number of ether oxygens (including phenoxy) is 1. The summed E-state index contributed by atoms with van der Waals surface area (Å²) in [5, 5.41) is 9.95. The minimum Gasteiger partial charge on any atom is -0.497 e. The van der Waals surface area contributed by atoms with E-state index < -0.39 is 0 Å². The number of hydrogen-bond donors (Lipinski definition) is 1. The zero-order chi connectivity index (χ0) is 22.1. The van der Waals surface area contributed by atoms with Crippen LogP contribution in [0.1, 0.15) is 0 Å². The fourth-order valence-corrected chi connectivity index (χ4v) is 4.45. The first-order valence-electron chi connectivity index (χ1n) is 9.69. The third-order valence-corrected chi connectivity index (χ3v) is 6.10. The highest BCUT2D eigenvalue weighted by molar-refractivity contribution is 7.99. The second kappa shape index (κ2) is 8.53. The topological polar surface area (TPSA) is 81.0 Å². The van der Waals surface area contributed by atoms with Crippen LogP contribution in [-0.2, 0) is 0 Å². The van der Waals surface area contributed by atoms with E-state index in [9.17, 15) is 4.79 Å². The number of rotatable bonds is 5. The lowest BCUT2D eigenvalue weighted by Crippen LogP contribution is -2.10. The van der Waals surface area contributed by atoms with Gasteiger partial charge in [-0.05, 0) is 59.8 Å². The second-order valence-corrected chi connectivity index (χ2v) is 8.32. The van der Waals surface area contributed by atoms with Gasteiger partial charge in [0.25, 0.3) is 10.8 Å². The molecule has 0 bridgehead atoms. The van der Waals surface area contributed by atoms with Crippen LogP contribution in [0.25, 0.3) is 33.5 Å². The van der Waals surface area contributed by atoms with Crippen LogP contribution in [-0.4, -0.2) is 22.3 Å². The summed E-state index contributed by atoms with van der Waals surface area (Å²) in [6.07, 6.45) is 0. The Balaban J connectivity index is 1.61. The summed E-state index contributed by atoms with van der Waals surface area (Å²) in [4.78, 5) is 16.4. The highest BCUT2D eigenvalue weighted by Gasteiger charge is 2.19. The molecule has 0 unspecified atom stereocenters. The minimum atomic E-state index is -0.243. The molecule has 5 rings (SSSR count). The molecule has 0 radical (unpaired) electrons. The molecule has 6 nitrogen and oxygen atoms in total. The van der Waals surface area contributed by atoms with E-state index in [0.717, 1.165) is 39.6 Å². The number of hydrogen-bond acceptors (Lipinski definition) is 6. The van der Waals surface area contributed by atoms with Gasteiger partial charge in [0.05, 0.1) is 12.0 Å². The molecular weight excluding hydrogens is 446 g/mol. The summed E-state index contributed by atoms with van der Waals surface area (Å²) in [5.74, 6) is 1.09. The van der Waals surface area contributed by atoms with E-state index in [2.05, 4.69) is 15.2 Å². The SMILES string of the molecule is COc1ccc(-c2nnc(Sc3c(-c4ccccc4)c4cc(Cl)ccc4[nH]c3=O)o2)cc1. The summed E-state index contributed by atoms with van der Waals surface area (Å²) in [6.45, 7) is 0. The zero-order valence-corrected chi connectivity index (χ0v) is 18.4. The van der Waals surface area contributed by atoms with Crippen molar-refractivity contribution in [2.75, 3.05) is 7.11 Å². The molecular formula is C24H16ClN3O3S. The van der Waals surface area contributed by atoms with E-state index in [1.54, 1.807) is 19.2 Å². The van der Waals surface area contributed by atoms with Gasteiger partial charge in [-0.25, -0.2) is 0 Å². The van der Waals surface area contributed by atoms with Gasteiger partial charge in [-0.15, -0.1) is 10.2 Å². The summed E-state index contributed by atoms with van der Waals surface area (Å²) in [6, 6.07) is 22.4. The van der Waals surface area contributed by atoms with Gasteiger partial charge in [0, 0.05) is 27.1 Å². The average molecular weight is 462 g/mol. The Morgan fingerprint density at radius 1 is 0.969 bits per heavy atom.